The topological polar surface area (TPSA) is 175 Å². The van der Waals surface area contributed by atoms with Gasteiger partial charge in [-0.05, 0) is 111 Å². The Labute approximate surface area is 366 Å². The summed E-state index contributed by atoms with van der Waals surface area (Å²) in [5.41, 5.74) is 11.4. The molecule has 5 aromatic rings. The second kappa shape index (κ2) is 17.3. The number of piperazine rings is 1. The number of benzene rings is 3. The third-order valence-corrected chi connectivity index (χ3v) is 13.6. The Morgan fingerprint density at radius 1 is 0.825 bits per heavy atom. The Morgan fingerprint density at radius 3 is 2.38 bits per heavy atom. The molecule has 0 saturated carbocycles. The number of piperidine rings is 3. The fourth-order valence-electron chi connectivity index (χ4n) is 10.1. The number of aromatic nitrogens is 4. The summed E-state index contributed by atoms with van der Waals surface area (Å²) in [6, 6.07) is 22.9. The number of hydrogen-bond acceptors (Lipinski definition) is 11. The zero-order valence-corrected chi connectivity index (χ0v) is 35.4. The fourth-order valence-corrected chi connectivity index (χ4v) is 10.1. The number of rotatable bonds is 9. The molecule has 0 spiro atoms. The first-order valence-corrected chi connectivity index (χ1v) is 22.4. The molecule has 326 valence electrons. The average molecular weight is 852 g/mol. The molecule has 5 amide bonds. The van der Waals surface area contributed by atoms with E-state index in [4.69, 9.17) is 15.6 Å². The fraction of sp³-hybridized carbons (Fsp3) is 0.426. The Hall–Kier alpha value is -6.55. The summed E-state index contributed by atoms with van der Waals surface area (Å²) < 4.78 is 7.97. The van der Waals surface area contributed by atoms with Gasteiger partial charge in [-0.25, -0.2) is 19.4 Å². The van der Waals surface area contributed by atoms with Crippen LogP contribution in [0.2, 0.25) is 0 Å². The van der Waals surface area contributed by atoms with E-state index in [1.54, 1.807) is 4.90 Å². The van der Waals surface area contributed by atoms with Crippen LogP contribution >= 0.6 is 0 Å². The van der Waals surface area contributed by atoms with Crippen LogP contribution in [0.1, 0.15) is 66.9 Å². The van der Waals surface area contributed by atoms with Gasteiger partial charge in [0, 0.05) is 82.1 Å². The van der Waals surface area contributed by atoms with Crippen LogP contribution in [-0.2, 0) is 16.1 Å². The minimum absolute atomic E-state index is 0.0470. The van der Waals surface area contributed by atoms with Crippen LogP contribution < -0.4 is 20.7 Å². The molecule has 2 atom stereocenters. The third kappa shape index (κ3) is 8.26. The molecule has 0 aliphatic carbocycles. The van der Waals surface area contributed by atoms with Crippen molar-refractivity contribution < 1.29 is 23.9 Å². The van der Waals surface area contributed by atoms with Crippen LogP contribution in [0.15, 0.2) is 79.1 Å². The summed E-state index contributed by atoms with van der Waals surface area (Å²) in [6.45, 7) is 7.97. The lowest BCUT2D eigenvalue weighted by atomic mass is 9.93. The second-order valence-corrected chi connectivity index (χ2v) is 17.5. The Kier molecular flexibility index (Phi) is 11.1. The number of nitrogens with zero attached hydrogens (tertiary/aromatic N) is 9. The van der Waals surface area contributed by atoms with Gasteiger partial charge in [0.2, 0.25) is 11.8 Å². The molecule has 2 aromatic heterocycles. The van der Waals surface area contributed by atoms with Crippen LogP contribution in [0.4, 0.5) is 16.3 Å². The molecule has 4 fully saturated rings. The lowest BCUT2D eigenvalue weighted by Crippen LogP contribution is -2.52. The molecule has 63 heavy (non-hydrogen) atoms. The minimum Gasteiger partial charge on any atom is -0.457 e. The molecule has 5 aliphatic heterocycles. The lowest BCUT2D eigenvalue weighted by molar-refractivity contribution is -0.136. The van der Waals surface area contributed by atoms with E-state index in [1.165, 1.54) is 6.33 Å². The number of fused-ring (bicyclic) bond motifs is 2. The quantitative estimate of drug-likeness (QED) is 0.184. The number of hydrogen-bond donors (Lipinski definition) is 2. The minimum atomic E-state index is -0.607. The number of nitrogens with two attached hydrogens (primary N) is 1. The molecule has 10 rings (SSSR count). The van der Waals surface area contributed by atoms with Crippen LogP contribution in [0, 0.1) is 5.92 Å². The van der Waals surface area contributed by atoms with E-state index in [2.05, 4.69) is 31.2 Å². The standard InChI is InChI=1S/C47H53N11O5/c48-43-41-42(32-8-11-37(12-9-32)63-36-6-2-1-3-7-36)52-58(44(41)50-30-49-43)35-5-4-19-56(29-35)47(62)55-21-17-31(18-22-55)16-20-53-23-25-54(26-24-53)34-10-13-38-33(27-34)28-57(46(38)61)39-14-15-40(59)51-45(39)60/h1-3,6-13,27,30-31,35,39H,4-5,14-26,28-29H2,(H2,48,49,50)(H,51,59,60)/t35-,39?/m1/s1. The van der Waals surface area contributed by atoms with Crippen molar-refractivity contribution in [3.8, 4) is 22.8 Å². The van der Waals surface area contributed by atoms with Crippen molar-refractivity contribution in [1.82, 2.24) is 44.7 Å². The zero-order chi connectivity index (χ0) is 43.0. The first-order chi connectivity index (χ1) is 30.8. The summed E-state index contributed by atoms with van der Waals surface area (Å²) in [6.07, 6.45) is 6.97. The first kappa shape index (κ1) is 40.5. The van der Waals surface area contributed by atoms with Gasteiger partial charge in [-0.3, -0.25) is 24.6 Å². The van der Waals surface area contributed by atoms with Gasteiger partial charge in [0.05, 0.1) is 11.4 Å². The SMILES string of the molecule is Nc1ncnc2c1c(-c1ccc(Oc3ccccc3)cc1)nn2[C@@H]1CCCN(C(=O)N2CCC(CCN3CCN(c4ccc5c(c4)CN(C4CCC(=O)NC4=O)C5=O)CC3)CC2)C1. The predicted octanol–water partition coefficient (Wildman–Crippen LogP) is 5.31. The van der Waals surface area contributed by atoms with E-state index >= 15 is 0 Å². The molecular formula is C47H53N11O5. The van der Waals surface area contributed by atoms with Crippen molar-refractivity contribution in [2.75, 3.05) is 69.5 Å². The van der Waals surface area contributed by atoms with Crippen molar-refractivity contribution in [2.24, 2.45) is 5.92 Å². The number of likely N-dealkylation sites (tertiary alicyclic amines) is 2. The Morgan fingerprint density at radius 2 is 1.60 bits per heavy atom. The second-order valence-electron chi connectivity index (χ2n) is 17.5. The molecule has 16 nitrogen and oxygen atoms in total. The zero-order valence-electron chi connectivity index (χ0n) is 35.4. The van der Waals surface area contributed by atoms with E-state index in [0.717, 1.165) is 113 Å². The highest BCUT2D eigenvalue weighted by Gasteiger charge is 2.39. The van der Waals surface area contributed by atoms with Crippen molar-refractivity contribution >= 4 is 46.3 Å². The maximum absolute atomic E-state index is 14.0. The molecule has 0 bridgehead atoms. The number of para-hydroxylation sites is 1. The summed E-state index contributed by atoms with van der Waals surface area (Å²) in [5.74, 6) is 1.63. The van der Waals surface area contributed by atoms with Crippen molar-refractivity contribution in [3.63, 3.8) is 0 Å². The largest absolute Gasteiger partial charge is 0.457 e. The number of urea groups is 1. The Bertz CT molecular complexity index is 2510. The number of carbonyl (C=O) groups is 4. The number of imide groups is 1. The van der Waals surface area contributed by atoms with Crippen LogP contribution in [0.25, 0.3) is 22.3 Å². The van der Waals surface area contributed by atoms with E-state index < -0.39 is 6.04 Å². The molecule has 5 aliphatic rings. The van der Waals surface area contributed by atoms with Gasteiger partial charge in [-0.15, -0.1) is 0 Å². The van der Waals surface area contributed by atoms with Gasteiger partial charge >= 0.3 is 6.03 Å². The van der Waals surface area contributed by atoms with Crippen LogP contribution in [0.5, 0.6) is 11.5 Å². The van der Waals surface area contributed by atoms with E-state index in [-0.39, 0.29) is 36.2 Å². The monoisotopic (exact) mass is 851 g/mol. The van der Waals surface area contributed by atoms with Gasteiger partial charge in [0.25, 0.3) is 5.91 Å². The summed E-state index contributed by atoms with van der Waals surface area (Å²) in [7, 11) is 0. The number of carbonyl (C=O) groups excluding carboxylic acids is 4. The molecule has 16 heteroatoms. The lowest BCUT2D eigenvalue weighted by Gasteiger charge is -2.40. The average Bonchev–Trinajstić information content (AvgIpc) is 3.87. The van der Waals surface area contributed by atoms with Crippen molar-refractivity contribution in [2.45, 2.75) is 63.6 Å². The van der Waals surface area contributed by atoms with Crippen molar-refractivity contribution in [3.05, 3.63) is 90.3 Å². The van der Waals surface area contributed by atoms with Gasteiger partial charge in [0.15, 0.2) is 5.65 Å². The first-order valence-electron chi connectivity index (χ1n) is 22.4. The molecule has 3 aromatic carbocycles. The molecule has 7 heterocycles. The van der Waals surface area contributed by atoms with E-state index in [0.29, 0.717) is 53.5 Å². The number of ether oxygens (including phenoxy) is 1. The molecular weight excluding hydrogens is 799 g/mol. The molecule has 1 unspecified atom stereocenters. The molecule has 4 saturated heterocycles. The molecule has 3 N–H and O–H groups in total. The number of amides is 5. The normalized spacial score (nSPS) is 21.2. The van der Waals surface area contributed by atoms with Gasteiger partial charge in [0.1, 0.15) is 35.4 Å². The third-order valence-electron chi connectivity index (χ3n) is 13.6. The highest BCUT2D eigenvalue weighted by Crippen LogP contribution is 2.36. The summed E-state index contributed by atoms with van der Waals surface area (Å²) in [4.78, 5) is 70.8. The molecule has 0 radical (unpaired) electrons. The summed E-state index contributed by atoms with van der Waals surface area (Å²) >= 11 is 0. The smallest absolute Gasteiger partial charge is 0.320 e. The highest BCUT2D eigenvalue weighted by molar-refractivity contribution is 6.05. The van der Waals surface area contributed by atoms with Gasteiger partial charge in [-0.1, -0.05) is 18.2 Å². The maximum atomic E-state index is 14.0. The highest BCUT2D eigenvalue weighted by atomic mass is 16.5. The van der Waals surface area contributed by atoms with Crippen LogP contribution in [-0.4, -0.2) is 128 Å². The Balaban J connectivity index is 0.700. The predicted molar refractivity (Wildman–Crippen MR) is 237 cm³/mol. The van der Waals surface area contributed by atoms with Gasteiger partial charge in [-0.2, -0.15) is 5.10 Å². The van der Waals surface area contributed by atoms with E-state index in [9.17, 15) is 19.2 Å². The van der Waals surface area contributed by atoms with E-state index in [1.807, 2.05) is 81.2 Å². The number of anilines is 2. The van der Waals surface area contributed by atoms with Crippen LogP contribution in [0.3, 0.4) is 0 Å². The summed E-state index contributed by atoms with van der Waals surface area (Å²) in [5, 5.41) is 8.18. The maximum Gasteiger partial charge on any atom is 0.320 e. The number of nitrogens with one attached hydrogen (secondary N) is 1. The van der Waals surface area contributed by atoms with Gasteiger partial charge < -0.3 is 30.1 Å². The van der Waals surface area contributed by atoms with Crippen molar-refractivity contribution in [1.29, 1.82) is 0 Å². The number of nitrogen functional groups attached to an aromatic ring is 1.